The summed E-state index contributed by atoms with van der Waals surface area (Å²) in [6.07, 6.45) is 0. The molecule has 1 heterocycles. The first-order valence-corrected chi connectivity index (χ1v) is 8.96. The smallest absolute Gasteiger partial charge is 0.0520 e. The van der Waals surface area contributed by atoms with Gasteiger partial charge in [-0.3, -0.25) is 0 Å². The number of nitrogens with one attached hydrogen (secondary N) is 1. The summed E-state index contributed by atoms with van der Waals surface area (Å²) in [6.45, 7) is 6.02. The zero-order valence-electron chi connectivity index (χ0n) is 12.5. The number of rotatable bonds is 6. The van der Waals surface area contributed by atoms with E-state index in [1.807, 2.05) is 12.1 Å². The van der Waals surface area contributed by atoms with E-state index in [4.69, 9.17) is 11.6 Å². The van der Waals surface area contributed by atoms with Crippen LogP contribution in [0.3, 0.4) is 0 Å². The standard InChI is InChI=1S/C16H20BrClN2S/c1-11(2)19-8-12-6-14(18)4-5-16(12)20(3)9-15-7-13(17)10-21-15/h4-7,10-11,19H,8-9H2,1-3H3. The summed E-state index contributed by atoms with van der Waals surface area (Å²) in [5.74, 6) is 0. The third-order valence-electron chi connectivity index (χ3n) is 3.17. The van der Waals surface area contributed by atoms with Crippen molar-refractivity contribution in [2.75, 3.05) is 11.9 Å². The van der Waals surface area contributed by atoms with Gasteiger partial charge in [0, 0.05) is 45.1 Å². The van der Waals surface area contributed by atoms with Crippen LogP contribution in [0.25, 0.3) is 0 Å². The van der Waals surface area contributed by atoms with Crippen LogP contribution in [0, 0.1) is 0 Å². The van der Waals surface area contributed by atoms with Gasteiger partial charge in [0.2, 0.25) is 0 Å². The molecule has 2 aromatic rings. The quantitative estimate of drug-likeness (QED) is 0.723. The lowest BCUT2D eigenvalue weighted by atomic mass is 10.1. The molecule has 0 fully saturated rings. The third kappa shape index (κ3) is 4.99. The van der Waals surface area contributed by atoms with Crippen molar-refractivity contribution in [2.24, 2.45) is 0 Å². The van der Waals surface area contributed by atoms with Gasteiger partial charge in [-0.1, -0.05) is 25.4 Å². The molecular weight excluding hydrogens is 368 g/mol. The summed E-state index contributed by atoms with van der Waals surface area (Å²) in [6, 6.07) is 8.73. The van der Waals surface area contributed by atoms with E-state index in [1.165, 1.54) is 16.1 Å². The van der Waals surface area contributed by atoms with E-state index >= 15 is 0 Å². The topological polar surface area (TPSA) is 15.3 Å². The van der Waals surface area contributed by atoms with Crippen LogP contribution in [0.2, 0.25) is 5.02 Å². The molecule has 0 unspecified atom stereocenters. The zero-order chi connectivity index (χ0) is 15.4. The monoisotopic (exact) mass is 386 g/mol. The second-order valence-corrected chi connectivity index (χ2v) is 7.74. The van der Waals surface area contributed by atoms with Gasteiger partial charge in [-0.15, -0.1) is 11.3 Å². The van der Waals surface area contributed by atoms with Crippen LogP contribution in [-0.2, 0) is 13.1 Å². The van der Waals surface area contributed by atoms with Crippen molar-refractivity contribution in [3.8, 4) is 0 Å². The van der Waals surface area contributed by atoms with E-state index in [9.17, 15) is 0 Å². The Morgan fingerprint density at radius 2 is 2.10 bits per heavy atom. The molecule has 0 aliphatic heterocycles. The van der Waals surface area contributed by atoms with Gasteiger partial charge in [-0.25, -0.2) is 0 Å². The summed E-state index contributed by atoms with van der Waals surface area (Å²) in [4.78, 5) is 3.61. The Balaban J connectivity index is 2.16. The normalized spacial score (nSPS) is 11.1. The average molecular weight is 388 g/mol. The first-order chi connectivity index (χ1) is 9.95. The minimum absolute atomic E-state index is 0.454. The number of anilines is 1. The fraction of sp³-hybridized carbons (Fsp3) is 0.375. The fourth-order valence-electron chi connectivity index (χ4n) is 2.14. The zero-order valence-corrected chi connectivity index (χ0v) is 15.6. The van der Waals surface area contributed by atoms with E-state index in [0.29, 0.717) is 6.04 Å². The van der Waals surface area contributed by atoms with Crippen LogP contribution in [-0.4, -0.2) is 13.1 Å². The summed E-state index contributed by atoms with van der Waals surface area (Å²) in [7, 11) is 2.12. The van der Waals surface area contributed by atoms with E-state index < -0.39 is 0 Å². The van der Waals surface area contributed by atoms with Gasteiger partial charge < -0.3 is 10.2 Å². The van der Waals surface area contributed by atoms with Crippen molar-refractivity contribution in [2.45, 2.75) is 33.0 Å². The molecule has 5 heteroatoms. The molecule has 0 bridgehead atoms. The Kier molecular flexibility index (Phi) is 6.11. The maximum absolute atomic E-state index is 6.15. The van der Waals surface area contributed by atoms with Crippen molar-refractivity contribution in [1.29, 1.82) is 0 Å². The van der Waals surface area contributed by atoms with Crippen molar-refractivity contribution in [1.82, 2.24) is 5.32 Å². The Morgan fingerprint density at radius 1 is 1.33 bits per heavy atom. The number of thiophene rings is 1. The number of nitrogens with zero attached hydrogens (tertiary/aromatic N) is 1. The first-order valence-electron chi connectivity index (χ1n) is 6.91. The van der Waals surface area contributed by atoms with E-state index in [-0.39, 0.29) is 0 Å². The van der Waals surface area contributed by atoms with Crippen molar-refractivity contribution in [3.05, 3.63) is 49.6 Å². The molecule has 0 saturated heterocycles. The van der Waals surface area contributed by atoms with Gasteiger partial charge in [0.25, 0.3) is 0 Å². The van der Waals surface area contributed by atoms with Crippen LogP contribution < -0.4 is 10.2 Å². The summed E-state index contributed by atoms with van der Waals surface area (Å²) in [5.41, 5.74) is 2.45. The van der Waals surface area contributed by atoms with Crippen LogP contribution in [0.5, 0.6) is 0 Å². The minimum Gasteiger partial charge on any atom is -0.369 e. The predicted molar refractivity (Wildman–Crippen MR) is 97.6 cm³/mol. The van der Waals surface area contributed by atoms with Crippen molar-refractivity contribution < 1.29 is 0 Å². The molecule has 2 rings (SSSR count). The minimum atomic E-state index is 0.454. The fourth-order valence-corrected chi connectivity index (χ4v) is 3.84. The van der Waals surface area contributed by atoms with Gasteiger partial charge in [-0.2, -0.15) is 0 Å². The van der Waals surface area contributed by atoms with Gasteiger partial charge in [0.15, 0.2) is 0 Å². The lowest BCUT2D eigenvalue weighted by molar-refractivity contribution is 0.588. The van der Waals surface area contributed by atoms with Gasteiger partial charge in [0.05, 0.1) is 6.54 Å². The Hall–Kier alpha value is -0.550. The molecule has 1 aromatic heterocycles. The Labute approximate surface area is 144 Å². The van der Waals surface area contributed by atoms with E-state index in [1.54, 1.807) is 11.3 Å². The highest BCUT2D eigenvalue weighted by molar-refractivity contribution is 9.10. The molecule has 0 spiro atoms. The molecule has 0 amide bonds. The highest BCUT2D eigenvalue weighted by Crippen LogP contribution is 2.27. The number of hydrogen-bond donors (Lipinski definition) is 1. The lowest BCUT2D eigenvalue weighted by Crippen LogP contribution is -2.24. The second-order valence-electron chi connectivity index (χ2n) is 5.40. The molecule has 1 aromatic carbocycles. The Bertz CT molecular complexity index is 598. The summed E-state index contributed by atoms with van der Waals surface area (Å²) in [5, 5.41) is 6.36. The molecule has 0 radical (unpaired) electrons. The van der Waals surface area contributed by atoms with Gasteiger partial charge >= 0.3 is 0 Å². The van der Waals surface area contributed by atoms with Crippen LogP contribution in [0.4, 0.5) is 5.69 Å². The molecule has 1 N–H and O–H groups in total. The predicted octanol–water partition coefficient (Wildman–Crippen LogP) is 5.30. The molecule has 0 aliphatic carbocycles. The van der Waals surface area contributed by atoms with Crippen molar-refractivity contribution in [3.63, 3.8) is 0 Å². The number of benzene rings is 1. The highest BCUT2D eigenvalue weighted by Gasteiger charge is 2.10. The highest BCUT2D eigenvalue weighted by atomic mass is 79.9. The maximum atomic E-state index is 6.15. The van der Waals surface area contributed by atoms with Gasteiger partial charge in [-0.05, 0) is 45.8 Å². The Morgan fingerprint density at radius 3 is 2.71 bits per heavy atom. The molecule has 0 saturated carbocycles. The molecular formula is C16H20BrClN2S. The molecule has 114 valence electrons. The molecule has 21 heavy (non-hydrogen) atoms. The SMILES string of the molecule is CC(C)NCc1cc(Cl)ccc1N(C)Cc1cc(Br)cs1. The van der Waals surface area contributed by atoms with Gasteiger partial charge in [0.1, 0.15) is 0 Å². The largest absolute Gasteiger partial charge is 0.369 e. The second kappa shape index (κ2) is 7.63. The molecule has 2 nitrogen and oxygen atoms in total. The average Bonchev–Trinajstić information content (AvgIpc) is 2.81. The molecule has 0 aliphatic rings. The molecule has 0 atom stereocenters. The lowest BCUT2D eigenvalue weighted by Gasteiger charge is -2.23. The maximum Gasteiger partial charge on any atom is 0.0520 e. The summed E-state index contributed by atoms with van der Waals surface area (Å²) < 4.78 is 1.15. The van der Waals surface area contributed by atoms with E-state index in [0.717, 1.165) is 22.6 Å². The van der Waals surface area contributed by atoms with E-state index in [2.05, 4.69) is 64.6 Å². The summed E-state index contributed by atoms with van der Waals surface area (Å²) >= 11 is 11.4. The van der Waals surface area contributed by atoms with Crippen molar-refractivity contribution >= 4 is 44.6 Å². The first kappa shape index (κ1) is 16.8. The van der Waals surface area contributed by atoms with Crippen LogP contribution in [0.15, 0.2) is 34.1 Å². The number of hydrogen-bond acceptors (Lipinski definition) is 3. The van der Waals surface area contributed by atoms with Crippen LogP contribution >= 0.6 is 38.9 Å². The van der Waals surface area contributed by atoms with Crippen LogP contribution in [0.1, 0.15) is 24.3 Å². The third-order valence-corrected chi connectivity index (χ3v) is 5.09. The number of halogens is 2.